The second-order valence-corrected chi connectivity index (χ2v) is 9.72. The van der Waals surface area contributed by atoms with Gasteiger partial charge in [-0.3, -0.25) is 9.08 Å². The van der Waals surface area contributed by atoms with Crippen molar-refractivity contribution < 1.29 is 22.1 Å². The molecule has 0 N–H and O–H groups in total. The van der Waals surface area contributed by atoms with Gasteiger partial charge in [-0.15, -0.1) is 0 Å². The Morgan fingerprint density at radius 2 is 2.00 bits per heavy atom. The van der Waals surface area contributed by atoms with E-state index in [4.69, 9.17) is 8.92 Å². The third kappa shape index (κ3) is 7.01. The zero-order valence-corrected chi connectivity index (χ0v) is 18.6. The number of benzene rings is 1. The van der Waals surface area contributed by atoms with Gasteiger partial charge < -0.3 is 4.74 Å². The molecule has 1 aliphatic heterocycles. The number of nitrogens with zero attached hydrogens (tertiary/aromatic N) is 1. The number of ether oxygens (including phenoxy) is 1. The summed E-state index contributed by atoms with van der Waals surface area (Å²) in [5.41, 5.74) is 1.03. The van der Waals surface area contributed by atoms with Crippen molar-refractivity contribution in [2.24, 2.45) is 5.92 Å². The summed E-state index contributed by atoms with van der Waals surface area (Å²) < 4.78 is 35.2. The Bertz CT molecular complexity index is 867. The van der Waals surface area contributed by atoms with Crippen molar-refractivity contribution in [1.82, 2.24) is 0 Å². The van der Waals surface area contributed by atoms with E-state index in [9.17, 15) is 13.2 Å². The van der Waals surface area contributed by atoms with E-state index in [0.717, 1.165) is 16.7 Å². The minimum Gasteiger partial charge on any atom is -0.443 e. The first-order valence-electron chi connectivity index (χ1n) is 9.81. The van der Waals surface area contributed by atoms with Crippen LogP contribution in [0.1, 0.15) is 46.6 Å². The summed E-state index contributed by atoms with van der Waals surface area (Å²) in [5, 5.41) is 1.09. The minimum atomic E-state index is -3.83. The Balaban J connectivity index is 2.08. The molecular formula is C22H31NO5S. The molecule has 0 saturated carbocycles. The van der Waals surface area contributed by atoms with Crippen LogP contribution >= 0.6 is 0 Å². The second kappa shape index (κ2) is 9.59. The zero-order chi connectivity index (χ0) is 21.7. The first-order chi connectivity index (χ1) is 13.5. The first-order valence-corrected chi connectivity index (χ1v) is 11.3. The van der Waals surface area contributed by atoms with Gasteiger partial charge in [0.25, 0.3) is 10.1 Å². The van der Waals surface area contributed by atoms with E-state index in [-0.39, 0.29) is 12.5 Å². The number of fused-ring (bicyclic) bond motifs is 1. The van der Waals surface area contributed by atoms with Gasteiger partial charge in [-0.2, -0.15) is 8.42 Å². The summed E-state index contributed by atoms with van der Waals surface area (Å²) in [6.07, 6.45) is 6.14. The standard InChI is InChI=1S/C22H31NO5S/c1-6-10-17(2)11-9-14-29(25,26)27-16-19-15-18-12-7-8-13-20(18)23(19)21(24)28-22(3,4)5/h6-10,12-14,17,19H,11,15-16H2,1-5H3/b10-6-,14-9+. The molecule has 0 spiro atoms. The molecule has 0 aliphatic carbocycles. The predicted octanol–water partition coefficient (Wildman–Crippen LogP) is 4.82. The Morgan fingerprint density at radius 1 is 1.31 bits per heavy atom. The molecule has 2 unspecified atom stereocenters. The van der Waals surface area contributed by atoms with Crippen LogP contribution in [0.25, 0.3) is 0 Å². The monoisotopic (exact) mass is 421 g/mol. The van der Waals surface area contributed by atoms with Crippen LogP contribution in [-0.4, -0.2) is 32.8 Å². The molecule has 1 heterocycles. The fourth-order valence-electron chi connectivity index (χ4n) is 3.16. The third-order valence-electron chi connectivity index (χ3n) is 4.38. The van der Waals surface area contributed by atoms with Crippen molar-refractivity contribution in [2.45, 2.75) is 59.1 Å². The van der Waals surface area contributed by atoms with Gasteiger partial charge >= 0.3 is 6.09 Å². The van der Waals surface area contributed by atoms with Crippen molar-refractivity contribution >= 4 is 21.9 Å². The van der Waals surface area contributed by atoms with Crippen molar-refractivity contribution in [3.63, 3.8) is 0 Å². The van der Waals surface area contributed by atoms with Crippen LogP contribution < -0.4 is 4.90 Å². The number of allylic oxidation sites excluding steroid dienone is 3. The number of amides is 1. The maximum absolute atomic E-state index is 12.7. The first kappa shape index (κ1) is 23.2. The molecule has 2 atom stereocenters. The molecule has 1 aromatic carbocycles. The van der Waals surface area contributed by atoms with Gasteiger partial charge in [-0.25, -0.2) is 4.79 Å². The van der Waals surface area contributed by atoms with Crippen LogP contribution in [0.5, 0.6) is 0 Å². The number of carbonyl (C=O) groups excluding carboxylic acids is 1. The van der Waals surface area contributed by atoms with Crippen molar-refractivity contribution in [3.8, 4) is 0 Å². The molecule has 1 amide bonds. The van der Waals surface area contributed by atoms with Crippen LogP contribution in [0.2, 0.25) is 0 Å². The summed E-state index contributed by atoms with van der Waals surface area (Å²) >= 11 is 0. The zero-order valence-electron chi connectivity index (χ0n) is 17.8. The number of para-hydroxylation sites is 1. The number of carbonyl (C=O) groups is 1. The lowest BCUT2D eigenvalue weighted by Gasteiger charge is -2.28. The molecule has 7 heteroatoms. The van der Waals surface area contributed by atoms with Gasteiger partial charge in [-0.1, -0.05) is 43.4 Å². The van der Waals surface area contributed by atoms with Gasteiger partial charge in [0.05, 0.1) is 23.7 Å². The highest BCUT2D eigenvalue weighted by molar-refractivity contribution is 7.89. The molecule has 2 rings (SSSR count). The van der Waals surface area contributed by atoms with Gasteiger partial charge in [0.2, 0.25) is 0 Å². The lowest BCUT2D eigenvalue weighted by molar-refractivity contribution is 0.0560. The Kier molecular flexibility index (Phi) is 7.66. The average Bonchev–Trinajstić information content (AvgIpc) is 2.97. The van der Waals surface area contributed by atoms with Crippen molar-refractivity contribution in [3.05, 3.63) is 53.5 Å². The smallest absolute Gasteiger partial charge is 0.415 e. The number of hydrogen-bond donors (Lipinski definition) is 0. The quantitative estimate of drug-likeness (QED) is 0.466. The molecule has 0 radical (unpaired) electrons. The molecule has 0 bridgehead atoms. The fourth-order valence-corrected chi connectivity index (χ4v) is 3.93. The average molecular weight is 422 g/mol. The van der Waals surface area contributed by atoms with Gasteiger partial charge in [0, 0.05) is 0 Å². The molecule has 1 aromatic rings. The third-order valence-corrected chi connectivity index (χ3v) is 5.37. The molecule has 29 heavy (non-hydrogen) atoms. The van der Waals surface area contributed by atoms with Crippen LogP contribution in [-0.2, 0) is 25.5 Å². The van der Waals surface area contributed by atoms with E-state index in [2.05, 4.69) is 0 Å². The minimum absolute atomic E-state index is 0.134. The maximum atomic E-state index is 12.7. The number of hydrogen-bond acceptors (Lipinski definition) is 5. The molecule has 1 aliphatic rings. The summed E-state index contributed by atoms with van der Waals surface area (Å²) in [6.45, 7) is 9.18. The summed E-state index contributed by atoms with van der Waals surface area (Å²) in [7, 11) is -3.83. The van der Waals surface area contributed by atoms with E-state index >= 15 is 0 Å². The molecule has 160 valence electrons. The molecule has 6 nitrogen and oxygen atoms in total. The lowest BCUT2D eigenvalue weighted by Crippen LogP contribution is -2.43. The maximum Gasteiger partial charge on any atom is 0.415 e. The van der Waals surface area contributed by atoms with Crippen LogP contribution in [0, 0.1) is 5.92 Å². The van der Waals surface area contributed by atoms with Crippen LogP contribution in [0.4, 0.5) is 10.5 Å². The van der Waals surface area contributed by atoms with E-state index in [0.29, 0.717) is 12.8 Å². The largest absolute Gasteiger partial charge is 0.443 e. The summed E-state index contributed by atoms with van der Waals surface area (Å²) in [6, 6.07) is 7.03. The molecule has 0 saturated heterocycles. The Hall–Kier alpha value is -2.12. The second-order valence-electron chi connectivity index (χ2n) is 8.22. The van der Waals surface area contributed by atoms with Crippen LogP contribution in [0.3, 0.4) is 0 Å². The highest BCUT2D eigenvalue weighted by Gasteiger charge is 2.37. The number of anilines is 1. The molecule has 0 fully saturated rings. The molecule has 0 aromatic heterocycles. The van der Waals surface area contributed by atoms with E-state index in [1.165, 1.54) is 4.90 Å². The van der Waals surface area contributed by atoms with E-state index in [1.54, 1.807) is 26.8 Å². The normalized spacial score (nSPS) is 18.4. The summed E-state index contributed by atoms with van der Waals surface area (Å²) in [5.74, 6) is 0.249. The molecular weight excluding hydrogens is 390 g/mol. The van der Waals surface area contributed by atoms with Crippen molar-refractivity contribution in [1.29, 1.82) is 0 Å². The van der Waals surface area contributed by atoms with Crippen molar-refractivity contribution in [2.75, 3.05) is 11.5 Å². The van der Waals surface area contributed by atoms with Crippen LogP contribution in [0.15, 0.2) is 47.9 Å². The Labute approximate surface area is 174 Å². The SMILES string of the molecule is C/C=C\C(C)C/C=C/S(=O)(=O)OCC1Cc2ccccc2N1C(=O)OC(C)(C)C. The Morgan fingerprint density at radius 3 is 2.66 bits per heavy atom. The lowest BCUT2D eigenvalue weighted by atomic mass is 10.1. The van der Waals surface area contributed by atoms with Gasteiger partial charge in [0.15, 0.2) is 0 Å². The highest BCUT2D eigenvalue weighted by Crippen LogP contribution is 2.33. The van der Waals surface area contributed by atoms with E-state index < -0.39 is 27.9 Å². The summed E-state index contributed by atoms with van der Waals surface area (Å²) in [4.78, 5) is 14.2. The number of rotatable bonds is 7. The van der Waals surface area contributed by atoms with E-state index in [1.807, 2.05) is 50.3 Å². The predicted molar refractivity (Wildman–Crippen MR) is 115 cm³/mol. The van der Waals surface area contributed by atoms with Gasteiger partial charge in [-0.05, 0) is 58.1 Å². The fraction of sp³-hybridized carbons (Fsp3) is 0.500. The highest BCUT2D eigenvalue weighted by atomic mass is 32.2. The topological polar surface area (TPSA) is 72.9 Å². The van der Waals surface area contributed by atoms with Gasteiger partial charge in [0.1, 0.15) is 5.60 Å².